The van der Waals surface area contributed by atoms with Crippen molar-refractivity contribution < 1.29 is 14.3 Å². The lowest BCUT2D eigenvalue weighted by Crippen LogP contribution is -2.25. The molecule has 27 heavy (non-hydrogen) atoms. The van der Waals surface area contributed by atoms with Crippen molar-refractivity contribution in [2.24, 2.45) is 0 Å². The largest absolute Gasteiger partial charge is 0.463 e. The maximum absolute atomic E-state index is 11.8. The molecular weight excluding hydrogens is 336 g/mol. The second kappa shape index (κ2) is 10.9. The first-order chi connectivity index (χ1) is 13.3. The highest BCUT2D eigenvalue weighted by Gasteiger charge is 2.15. The summed E-state index contributed by atoms with van der Waals surface area (Å²) >= 11 is 0. The molecule has 1 aliphatic heterocycles. The minimum absolute atomic E-state index is 0.0867. The molecule has 2 aromatic carbocycles. The van der Waals surface area contributed by atoms with Gasteiger partial charge < -0.3 is 9.47 Å². The van der Waals surface area contributed by atoms with Crippen molar-refractivity contribution in [2.75, 3.05) is 13.2 Å². The fraction of sp³-hybridized carbons (Fsp3) is 0.458. The van der Waals surface area contributed by atoms with Crippen molar-refractivity contribution in [2.45, 2.75) is 57.5 Å². The van der Waals surface area contributed by atoms with E-state index in [0.717, 1.165) is 45.1 Å². The fourth-order valence-electron chi connectivity index (χ4n) is 3.47. The molecule has 0 bridgehead atoms. The molecule has 3 rings (SSSR count). The topological polar surface area (TPSA) is 35.5 Å². The van der Waals surface area contributed by atoms with Gasteiger partial charge in [0.2, 0.25) is 0 Å². The van der Waals surface area contributed by atoms with Crippen LogP contribution in [0.4, 0.5) is 0 Å². The fourth-order valence-corrected chi connectivity index (χ4v) is 3.47. The summed E-state index contributed by atoms with van der Waals surface area (Å²) in [5.41, 5.74) is 3.86. The van der Waals surface area contributed by atoms with Crippen molar-refractivity contribution in [1.29, 1.82) is 0 Å². The molecule has 1 aliphatic rings. The van der Waals surface area contributed by atoms with E-state index in [4.69, 9.17) is 9.47 Å². The predicted octanol–water partition coefficient (Wildman–Crippen LogP) is 5.57. The average molecular weight is 367 g/mol. The van der Waals surface area contributed by atoms with E-state index in [1.54, 1.807) is 0 Å². The Bertz CT molecular complexity index is 673. The van der Waals surface area contributed by atoms with E-state index >= 15 is 0 Å². The summed E-state index contributed by atoms with van der Waals surface area (Å²) in [6, 6.07) is 19.2. The number of carbonyl (C=O) groups is 1. The Morgan fingerprint density at radius 1 is 0.926 bits per heavy atom. The molecule has 0 spiro atoms. The highest BCUT2D eigenvalue weighted by Crippen LogP contribution is 2.20. The number of rotatable bonds is 9. The monoisotopic (exact) mass is 366 g/mol. The molecule has 144 valence electrons. The Kier molecular flexibility index (Phi) is 7.91. The van der Waals surface area contributed by atoms with Crippen LogP contribution in [0.3, 0.4) is 0 Å². The lowest BCUT2D eigenvalue weighted by atomic mass is 10.0. The lowest BCUT2D eigenvalue weighted by molar-refractivity contribution is -0.149. The third-order valence-corrected chi connectivity index (χ3v) is 5.11. The number of unbranched alkanes of at least 4 members (excludes halogenated alkanes) is 2. The van der Waals surface area contributed by atoms with E-state index in [2.05, 4.69) is 48.5 Å². The van der Waals surface area contributed by atoms with Crippen molar-refractivity contribution in [1.82, 2.24) is 0 Å². The summed E-state index contributed by atoms with van der Waals surface area (Å²) in [5, 5.41) is 0. The number of esters is 1. The zero-order chi connectivity index (χ0) is 18.7. The Morgan fingerprint density at radius 3 is 2.44 bits per heavy atom. The maximum Gasteiger partial charge on any atom is 0.305 e. The summed E-state index contributed by atoms with van der Waals surface area (Å²) in [6.45, 7) is 1.22. The van der Waals surface area contributed by atoms with Gasteiger partial charge in [-0.2, -0.15) is 0 Å². The number of hydrogen-bond acceptors (Lipinski definition) is 3. The summed E-state index contributed by atoms with van der Waals surface area (Å²) in [5.74, 6) is -0.0867. The first-order valence-corrected chi connectivity index (χ1v) is 10.2. The van der Waals surface area contributed by atoms with Gasteiger partial charge in [0, 0.05) is 13.0 Å². The summed E-state index contributed by atoms with van der Waals surface area (Å²) in [6.07, 6.45) is 8.04. The van der Waals surface area contributed by atoms with Crippen LogP contribution in [-0.2, 0) is 20.7 Å². The van der Waals surface area contributed by atoms with Gasteiger partial charge >= 0.3 is 5.97 Å². The van der Waals surface area contributed by atoms with E-state index in [0.29, 0.717) is 13.0 Å². The van der Waals surface area contributed by atoms with Crippen LogP contribution in [0.1, 0.15) is 50.5 Å². The first kappa shape index (κ1) is 19.6. The van der Waals surface area contributed by atoms with Gasteiger partial charge in [0.05, 0.1) is 6.10 Å². The van der Waals surface area contributed by atoms with Crippen molar-refractivity contribution >= 4 is 5.97 Å². The van der Waals surface area contributed by atoms with E-state index in [1.807, 2.05) is 6.07 Å². The van der Waals surface area contributed by atoms with Crippen LogP contribution in [0.5, 0.6) is 0 Å². The highest BCUT2D eigenvalue weighted by molar-refractivity contribution is 5.69. The van der Waals surface area contributed by atoms with Gasteiger partial charge in [-0.3, -0.25) is 4.79 Å². The number of carbonyl (C=O) groups excluding carboxylic acids is 1. The number of aryl methyl sites for hydroxylation is 1. The predicted molar refractivity (Wildman–Crippen MR) is 109 cm³/mol. The SMILES string of the molecule is O=C(CCCCCc1ccc(-c2ccccc2)cc1)OCC1CCCCO1. The molecule has 1 saturated heterocycles. The van der Waals surface area contributed by atoms with Crippen LogP contribution in [0.2, 0.25) is 0 Å². The van der Waals surface area contributed by atoms with Gasteiger partial charge in [-0.1, -0.05) is 61.0 Å². The smallest absolute Gasteiger partial charge is 0.305 e. The Balaban J connectivity index is 1.28. The molecule has 0 saturated carbocycles. The molecule has 0 N–H and O–H groups in total. The van der Waals surface area contributed by atoms with Gasteiger partial charge in [-0.05, 0) is 55.2 Å². The van der Waals surface area contributed by atoms with Gasteiger partial charge in [-0.25, -0.2) is 0 Å². The van der Waals surface area contributed by atoms with Crippen molar-refractivity contribution in [3.63, 3.8) is 0 Å². The zero-order valence-corrected chi connectivity index (χ0v) is 16.1. The molecule has 2 aromatic rings. The van der Waals surface area contributed by atoms with Gasteiger partial charge in [0.15, 0.2) is 0 Å². The Labute approximate surface area is 162 Å². The number of benzene rings is 2. The van der Waals surface area contributed by atoms with Crippen LogP contribution in [0.15, 0.2) is 54.6 Å². The summed E-state index contributed by atoms with van der Waals surface area (Å²) in [4.78, 5) is 11.8. The molecule has 3 nitrogen and oxygen atoms in total. The number of hydrogen-bond donors (Lipinski definition) is 0. The third-order valence-electron chi connectivity index (χ3n) is 5.11. The van der Waals surface area contributed by atoms with Crippen molar-refractivity contribution in [3.8, 4) is 11.1 Å². The molecule has 0 aromatic heterocycles. The van der Waals surface area contributed by atoms with Gasteiger partial charge in [0.25, 0.3) is 0 Å². The maximum atomic E-state index is 11.8. The Hall–Kier alpha value is -2.13. The zero-order valence-electron chi connectivity index (χ0n) is 16.1. The van der Waals surface area contributed by atoms with Crippen LogP contribution in [0, 0.1) is 0 Å². The minimum Gasteiger partial charge on any atom is -0.463 e. The molecule has 0 radical (unpaired) electrons. The van der Waals surface area contributed by atoms with Crippen LogP contribution < -0.4 is 0 Å². The quantitative estimate of drug-likeness (QED) is 0.430. The molecule has 0 amide bonds. The standard InChI is InChI=1S/C24H30O3/c25-24(27-19-23-12-7-8-18-26-23)13-6-1-3-9-20-14-16-22(17-15-20)21-10-4-2-5-11-21/h2,4-5,10-11,14-17,23H,1,3,6-9,12-13,18-19H2. The van der Waals surface area contributed by atoms with Crippen molar-refractivity contribution in [3.05, 3.63) is 60.2 Å². The molecule has 3 heteroatoms. The Morgan fingerprint density at radius 2 is 1.70 bits per heavy atom. The van der Waals surface area contributed by atoms with E-state index in [-0.39, 0.29) is 12.1 Å². The summed E-state index contributed by atoms with van der Waals surface area (Å²) in [7, 11) is 0. The molecule has 1 unspecified atom stereocenters. The normalized spacial score (nSPS) is 16.8. The first-order valence-electron chi connectivity index (χ1n) is 10.2. The molecule has 1 atom stereocenters. The molecule has 0 aliphatic carbocycles. The lowest BCUT2D eigenvalue weighted by Gasteiger charge is -2.22. The second-order valence-corrected chi connectivity index (χ2v) is 7.30. The molecular formula is C24H30O3. The average Bonchev–Trinajstić information content (AvgIpc) is 2.74. The highest BCUT2D eigenvalue weighted by atomic mass is 16.6. The molecule has 1 heterocycles. The van der Waals surface area contributed by atoms with Crippen LogP contribution >= 0.6 is 0 Å². The molecule has 1 fully saturated rings. The van der Waals surface area contributed by atoms with E-state index < -0.39 is 0 Å². The van der Waals surface area contributed by atoms with Gasteiger partial charge in [-0.15, -0.1) is 0 Å². The van der Waals surface area contributed by atoms with E-state index in [9.17, 15) is 4.79 Å². The second-order valence-electron chi connectivity index (χ2n) is 7.30. The van der Waals surface area contributed by atoms with Gasteiger partial charge in [0.1, 0.15) is 6.61 Å². The number of ether oxygens (including phenoxy) is 2. The van der Waals surface area contributed by atoms with E-state index in [1.165, 1.54) is 23.1 Å². The minimum atomic E-state index is -0.0867. The third kappa shape index (κ3) is 6.84. The van der Waals surface area contributed by atoms with Crippen LogP contribution in [0.25, 0.3) is 11.1 Å². The van der Waals surface area contributed by atoms with Crippen LogP contribution in [-0.4, -0.2) is 25.3 Å². The summed E-state index contributed by atoms with van der Waals surface area (Å²) < 4.78 is 10.9.